The van der Waals surface area contributed by atoms with E-state index < -0.39 is 11.6 Å². The summed E-state index contributed by atoms with van der Waals surface area (Å²) in [7, 11) is 0. The molecule has 0 aromatic heterocycles. The van der Waals surface area contributed by atoms with Gasteiger partial charge in [0.2, 0.25) is 0 Å². The van der Waals surface area contributed by atoms with Crippen LogP contribution in [-0.4, -0.2) is 13.2 Å². The fraction of sp³-hybridized carbons (Fsp3) is 0.625. The third-order valence-corrected chi connectivity index (χ3v) is 4.83. The van der Waals surface area contributed by atoms with Gasteiger partial charge in [-0.3, -0.25) is 0 Å². The van der Waals surface area contributed by atoms with Crippen LogP contribution in [0.2, 0.25) is 0 Å². The number of benzene rings is 1. The van der Waals surface area contributed by atoms with Crippen molar-refractivity contribution >= 4 is 0 Å². The second-order valence-corrected chi connectivity index (χ2v) is 6.02. The molecule has 0 spiro atoms. The quantitative estimate of drug-likeness (QED) is 0.901. The minimum absolute atomic E-state index is 0.378. The van der Waals surface area contributed by atoms with E-state index in [1.807, 2.05) is 0 Å². The van der Waals surface area contributed by atoms with Crippen LogP contribution in [0.3, 0.4) is 0 Å². The monoisotopic (exact) mass is 281 g/mol. The smallest absolute Gasteiger partial charge is 0.133 e. The van der Waals surface area contributed by atoms with E-state index in [-0.39, 0.29) is 5.41 Å². The molecule has 1 aliphatic heterocycles. The molecule has 1 aromatic carbocycles. The fourth-order valence-electron chi connectivity index (χ4n) is 3.73. The lowest BCUT2D eigenvalue weighted by Gasteiger charge is -2.39. The third kappa shape index (κ3) is 2.10. The Morgan fingerprint density at radius 1 is 1.10 bits per heavy atom. The lowest BCUT2D eigenvalue weighted by Crippen LogP contribution is -2.39. The van der Waals surface area contributed by atoms with Gasteiger partial charge in [-0.2, -0.15) is 0 Å². The molecule has 2 nitrogen and oxygen atoms in total. The van der Waals surface area contributed by atoms with Crippen molar-refractivity contribution in [2.24, 2.45) is 5.73 Å². The van der Waals surface area contributed by atoms with Gasteiger partial charge in [0.25, 0.3) is 0 Å². The Balaban J connectivity index is 2.16. The molecule has 1 fully saturated rings. The lowest BCUT2D eigenvalue weighted by atomic mass is 9.68. The van der Waals surface area contributed by atoms with Crippen LogP contribution in [0.25, 0.3) is 0 Å². The Morgan fingerprint density at radius 2 is 1.85 bits per heavy atom. The van der Waals surface area contributed by atoms with Crippen LogP contribution in [-0.2, 0) is 11.8 Å². The van der Waals surface area contributed by atoms with Crippen molar-refractivity contribution in [3.8, 4) is 5.75 Å². The van der Waals surface area contributed by atoms with Crippen molar-refractivity contribution in [1.82, 2.24) is 0 Å². The minimum atomic E-state index is -0.490. The Kier molecular flexibility index (Phi) is 3.67. The first-order chi connectivity index (χ1) is 9.68. The molecule has 0 saturated heterocycles. The Bertz CT molecular complexity index is 510. The van der Waals surface area contributed by atoms with Crippen LogP contribution in [0.15, 0.2) is 6.07 Å². The number of fused-ring (bicyclic) bond motifs is 1. The summed E-state index contributed by atoms with van der Waals surface area (Å²) in [6, 6.07) is 1.02. The van der Waals surface area contributed by atoms with E-state index in [0.717, 1.165) is 44.6 Å². The van der Waals surface area contributed by atoms with Crippen LogP contribution >= 0.6 is 0 Å². The van der Waals surface area contributed by atoms with Crippen LogP contribution in [0.4, 0.5) is 8.78 Å². The van der Waals surface area contributed by atoms with Crippen molar-refractivity contribution < 1.29 is 13.5 Å². The highest BCUT2D eigenvalue weighted by molar-refractivity contribution is 5.49. The molecule has 0 bridgehead atoms. The number of nitrogens with two attached hydrogens (primary N) is 1. The first-order valence-electron chi connectivity index (χ1n) is 7.52. The molecule has 20 heavy (non-hydrogen) atoms. The van der Waals surface area contributed by atoms with E-state index >= 15 is 0 Å². The topological polar surface area (TPSA) is 35.2 Å². The van der Waals surface area contributed by atoms with Crippen molar-refractivity contribution in [3.63, 3.8) is 0 Å². The van der Waals surface area contributed by atoms with Gasteiger partial charge < -0.3 is 10.5 Å². The average molecular weight is 281 g/mol. The first kappa shape index (κ1) is 13.8. The Labute approximate surface area is 118 Å². The summed E-state index contributed by atoms with van der Waals surface area (Å²) in [5.74, 6) is -0.527. The SMILES string of the molecule is NCC1(c2c(F)cc(F)c3c2OCCC3)CCCCC1. The van der Waals surface area contributed by atoms with Gasteiger partial charge in [0, 0.05) is 29.2 Å². The van der Waals surface area contributed by atoms with E-state index in [1.165, 1.54) is 0 Å². The largest absolute Gasteiger partial charge is 0.493 e. The van der Waals surface area contributed by atoms with Gasteiger partial charge in [0.15, 0.2) is 0 Å². The number of halogens is 2. The van der Waals surface area contributed by atoms with Crippen molar-refractivity contribution in [3.05, 3.63) is 28.8 Å². The van der Waals surface area contributed by atoms with E-state index in [1.54, 1.807) is 0 Å². The summed E-state index contributed by atoms with van der Waals surface area (Å²) < 4.78 is 34.1. The molecule has 0 amide bonds. The number of hydrogen-bond donors (Lipinski definition) is 1. The Hall–Kier alpha value is -1.16. The van der Waals surface area contributed by atoms with Gasteiger partial charge >= 0.3 is 0 Å². The highest BCUT2D eigenvalue weighted by Gasteiger charge is 2.39. The van der Waals surface area contributed by atoms with Crippen LogP contribution < -0.4 is 10.5 Å². The fourth-order valence-corrected chi connectivity index (χ4v) is 3.73. The van der Waals surface area contributed by atoms with Crippen molar-refractivity contribution in [1.29, 1.82) is 0 Å². The van der Waals surface area contributed by atoms with Gasteiger partial charge in [-0.15, -0.1) is 0 Å². The van der Waals surface area contributed by atoms with Crippen LogP contribution in [0, 0.1) is 11.6 Å². The number of ether oxygens (including phenoxy) is 1. The summed E-state index contributed by atoms with van der Waals surface area (Å²) in [6.07, 6.45) is 6.38. The summed E-state index contributed by atoms with van der Waals surface area (Å²) in [4.78, 5) is 0. The van der Waals surface area contributed by atoms with E-state index in [2.05, 4.69) is 0 Å². The van der Waals surface area contributed by atoms with E-state index in [9.17, 15) is 8.78 Å². The normalized spacial score (nSPS) is 21.1. The summed E-state index contributed by atoms with van der Waals surface area (Å²) in [5.41, 5.74) is 6.69. The number of rotatable bonds is 2. The van der Waals surface area contributed by atoms with E-state index in [4.69, 9.17) is 10.5 Å². The molecule has 2 aliphatic rings. The molecule has 110 valence electrons. The summed E-state index contributed by atoms with van der Waals surface area (Å²) in [6.45, 7) is 0.925. The molecule has 3 rings (SSSR count). The predicted octanol–water partition coefficient (Wildman–Crippen LogP) is 3.45. The van der Waals surface area contributed by atoms with E-state index in [0.29, 0.717) is 36.4 Å². The third-order valence-electron chi connectivity index (χ3n) is 4.83. The molecule has 0 radical (unpaired) electrons. The first-order valence-corrected chi connectivity index (χ1v) is 7.52. The van der Waals surface area contributed by atoms with Gasteiger partial charge in [-0.1, -0.05) is 19.3 Å². The second-order valence-electron chi connectivity index (χ2n) is 6.02. The zero-order valence-electron chi connectivity index (χ0n) is 11.7. The van der Waals surface area contributed by atoms with Crippen LogP contribution in [0.1, 0.15) is 49.7 Å². The molecule has 1 aliphatic carbocycles. The average Bonchev–Trinajstić information content (AvgIpc) is 2.48. The molecule has 1 heterocycles. The second kappa shape index (κ2) is 5.32. The maximum absolute atomic E-state index is 14.5. The van der Waals surface area contributed by atoms with Gasteiger partial charge in [-0.05, 0) is 25.7 Å². The lowest BCUT2D eigenvalue weighted by molar-refractivity contribution is 0.244. The predicted molar refractivity (Wildman–Crippen MR) is 74.0 cm³/mol. The highest BCUT2D eigenvalue weighted by atomic mass is 19.1. The molecular weight excluding hydrogens is 260 g/mol. The van der Waals surface area contributed by atoms with Crippen molar-refractivity contribution in [2.45, 2.75) is 50.4 Å². The van der Waals surface area contributed by atoms with Crippen molar-refractivity contribution in [2.75, 3.05) is 13.2 Å². The van der Waals surface area contributed by atoms with Gasteiger partial charge in [-0.25, -0.2) is 8.78 Å². The zero-order valence-corrected chi connectivity index (χ0v) is 11.7. The molecular formula is C16H21F2NO. The molecule has 2 N–H and O–H groups in total. The van der Waals surface area contributed by atoms with Gasteiger partial charge in [0.05, 0.1) is 6.61 Å². The molecule has 1 saturated carbocycles. The maximum atomic E-state index is 14.5. The highest BCUT2D eigenvalue weighted by Crippen LogP contribution is 2.46. The molecule has 1 aromatic rings. The standard InChI is InChI=1S/C16H21F2NO/c17-12-9-13(18)14(15-11(12)5-4-8-20-15)16(10-19)6-2-1-3-7-16/h9H,1-8,10,19H2. The Morgan fingerprint density at radius 3 is 2.55 bits per heavy atom. The molecule has 4 heteroatoms. The molecule has 0 atom stereocenters. The number of hydrogen-bond acceptors (Lipinski definition) is 2. The summed E-state index contributed by atoms with van der Waals surface area (Å²) in [5, 5.41) is 0. The minimum Gasteiger partial charge on any atom is -0.493 e. The maximum Gasteiger partial charge on any atom is 0.133 e. The molecule has 0 unspecified atom stereocenters. The zero-order chi connectivity index (χ0) is 14.2. The van der Waals surface area contributed by atoms with Gasteiger partial charge in [0.1, 0.15) is 17.4 Å². The van der Waals surface area contributed by atoms with Crippen LogP contribution in [0.5, 0.6) is 5.75 Å². The summed E-state index contributed by atoms with van der Waals surface area (Å²) >= 11 is 0.